The summed E-state index contributed by atoms with van der Waals surface area (Å²) in [5.41, 5.74) is 0. The predicted molar refractivity (Wildman–Crippen MR) is 61.3 cm³/mol. The SMILES string of the molecule is CC(=O)NC(CS)C(=O)NCCOCC(F)(F)F. The molecule has 2 amide bonds. The second-order valence-corrected chi connectivity index (χ2v) is 3.76. The molecular formula is C9H15F3N2O3S. The van der Waals surface area contributed by atoms with Gasteiger partial charge in [0.05, 0.1) is 6.61 Å². The third kappa shape index (κ3) is 9.11. The first-order valence-electron chi connectivity index (χ1n) is 5.06. The molecule has 18 heavy (non-hydrogen) atoms. The highest BCUT2D eigenvalue weighted by atomic mass is 32.1. The number of nitrogens with one attached hydrogen (secondary N) is 2. The van der Waals surface area contributed by atoms with Crippen LogP contribution in [-0.4, -0.2) is 49.5 Å². The van der Waals surface area contributed by atoms with Gasteiger partial charge >= 0.3 is 6.18 Å². The number of hydrogen-bond donors (Lipinski definition) is 3. The molecule has 0 saturated carbocycles. The molecule has 0 aromatic carbocycles. The van der Waals surface area contributed by atoms with Crippen molar-refractivity contribution in [2.75, 3.05) is 25.5 Å². The Morgan fingerprint density at radius 1 is 1.39 bits per heavy atom. The molecule has 106 valence electrons. The van der Waals surface area contributed by atoms with Crippen LogP contribution in [0.2, 0.25) is 0 Å². The van der Waals surface area contributed by atoms with Crippen LogP contribution < -0.4 is 10.6 Å². The smallest absolute Gasteiger partial charge is 0.370 e. The molecule has 0 radical (unpaired) electrons. The van der Waals surface area contributed by atoms with Crippen molar-refractivity contribution in [1.29, 1.82) is 0 Å². The van der Waals surface area contributed by atoms with Crippen LogP contribution in [0.25, 0.3) is 0 Å². The average molecular weight is 288 g/mol. The number of halogens is 3. The number of rotatable bonds is 7. The number of carbonyl (C=O) groups is 2. The summed E-state index contributed by atoms with van der Waals surface area (Å²) in [6.45, 7) is -0.440. The molecule has 0 saturated heterocycles. The maximum absolute atomic E-state index is 11.7. The van der Waals surface area contributed by atoms with Crippen molar-refractivity contribution >= 4 is 24.4 Å². The number of ether oxygens (including phenoxy) is 1. The van der Waals surface area contributed by atoms with E-state index in [0.29, 0.717) is 0 Å². The van der Waals surface area contributed by atoms with E-state index >= 15 is 0 Å². The summed E-state index contributed by atoms with van der Waals surface area (Å²) in [4.78, 5) is 22.1. The van der Waals surface area contributed by atoms with Crippen molar-refractivity contribution in [2.45, 2.75) is 19.1 Å². The van der Waals surface area contributed by atoms with E-state index in [4.69, 9.17) is 0 Å². The van der Waals surface area contributed by atoms with Crippen LogP contribution in [0.3, 0.4) is 0 Å². The molecule has 0 bridgehead atoms. The first kappa shape index (κ1) is 17.0. The van der Waals surface area contributed by atoms with E-state index in [1.165, 1.54) is 6.92 Å². The van der Waals surface area contributed by atoms with Crippen LogP contribution in [-0.2, 0) is 14.3 Å². The lowest BCUT2D eigenvalue weighted by molar-refractivity contribution is -0.173. The van der Waals surface area contributed by atoms with Gasteiger partial charge in [0.1, 0.15) is 12.6 Å². The molecule has 2 N–H and O–H groups in total. The number of alkyl halides is 3. The Labute approximate surface area is 108 Å². The van der Waals surface area contributed by atoms with Crippen LogP contribution in [0.1, 0.15) is 6.92 Å². The Bertz CT molecular complexity index is 287. The Morgan fingerprint density at radius 2 is 2.00 bits per heavy atom. The summed E-state index contributed by atoms with van der Waals surface area (Å²) < 4.78 is 39.4. The molecule has 0 aromatic heterocycles. The quantitative estimate of drug-likeness (QED) is 0.460. The summed E-state index contributed by atoms with van der Waals surface area (Å²) >= 11 is 3.88. The van der Waals surface area contributed by atoms with Crippen LogP contribution in [0.4, 0.5) is 13.2 Å². The molecule has 0 aromatic rings. The summed E-state index contributed by atoms with van der Waals surface area (Å²) in [5, 5.41) is 4.68. The van der Waals surface area contributed by atoms with Crippen molar-refractivity contribution in [3.63, 3.8) is 0 Å². The molecule has 1 atom stereocenters. The van der Waals surface area contributed by atoms with E-state index in [0.717, 1.165) is 0 Å². The highest BCUT2D eigenvalue weighted by molar-refractivity contribution is 7.80. The number of hydrogen-bond acceptors (Lipinski definition) is 4. The molecule has 0 rings (SSSR count). The zero-order valence-corrected chi connectivity index (χ0v) is 10.6. The molecule has 0 aliphatic rings. The fourth-order valence-electron chi connectivity index (χ4n) is 0.997. The maximum Gasteiger partial charge on any atom is 0.411 e. The first-order chi connectivity index (χ1) is 8.26. The van der Waals surface area contributed by atoms with Crippen molar-refractivity contribution < 1.29 is 27.5 Å². The van der Waals surface area contributed by atoms with Crippen molar-refractivity contribution in [3.05, 3.63) is 0 Å². The summed E-state index contributed by atoms with van der Waals surface area (Å²) in [6, 6.07) is -0.812. The standard InChI is InChI=1S/C9H15F3N2O3S/c1-6(15)14-7(4-18)8(16)13-2-3-17-5-9(10,11)12/h7,18H,2-5H2,1H3,(H,13,16)(H,14,15). The van der Waals surface area contributed by atoms with Gasteiger partial charge in [0.15, 0.2) is 0 Å². The summed E-state index contributed by atoms with van der Waals surface area (Å²) in [7, 11) is 0. The molecular weight excluding hydrogens is 273 g/mol. The molecule has 0 spiro atoms. The topological polar surface area (TPSA) is 67.4 Å². The van der Waals surface area contributed by atoms with Gasteiger partial charge in [-0.2, -0.15) is 25.8 Å². The molecule has 0 aliphatic carbocycles. The Kier molecular flexibility index (Phi) is 7.76. The lowest BCUT2D eigenvalue weighted by Crippen LogP contribution is -2.48. The average Bonchev–Trinajstić information content (AvgIpc) is 2.23. The van der Waals surface area contributed by atoms with E-state index in [-0.39, 0.29) is 18.9 Å². The largest absolute Gasteiger partial charge is 0.411 e. The minimum atomic E-state index is -4.38. The van der Waals surface area contributed by atoms with E-state index in [1.807, 2.05) is 0 Å². The van der Waals surface area contributed by atoms with Crippen molar-refractivity contribution in [1.82, 2.24) is 10.6 Å². The van der Waals surface area contributed by atoms with Gasteiger partial charge in [0, 0.05) is 19.2 Å². The second kappa shape index (κ2) is 8.20. The Balaban J connectivity index is 3.78. The zero-order chi connectivity index (χ0) is 14.2. The second-order valence-electron chi connectivity index (χ2n) is 3.39. The van der Waals surface area contributed by atoms with Crippen molar-refractivity contribution in [2.24, 2.45) is 0 Å². The van der Waals surface area contributed by atoms with E-state index in [1.54, 1.807) is 0 Å². The number of amides is 2. The lowest BCUT2D eigenvalue weighted by atomic mass is 10.3. The van der Waals surface area contributed by atoms with Crippen molar-refractivity contribution in [3.8, 4) is 0 Å². The van der Waals surface area contributed by atoms with Gasteiger partial charge in [-0.25, -0.2) is 0 Å². The molecule has 9 heteroatoms. The molecule has 1 unspecified atom stereocenters. The van der Waals surface area contributed by atoms with Gasteiger partial charge in [0.2, 0.25) is 11.8 Å². The van der Waals surface area contributed by atoms with E-state index in [9.17, 15) is 22.8 Å². The van der Waals surface area contributed by atoms with Crippen LogP contribution in [0.5, 0.6) is 0 Å². The molecule has 0 heterocycles. The normalized spacial score (nSPS) is 12.9. The van der Waals surface area contributed by atoms with Gasteiger partial charge in [-0.15, -0.1) is 0 Å². The summed E-state index contributed by atoms with van der Waals surface area (Å²) in [5.74, 6) is -0.817. The number of carbonyl (C=O) groups excluding carboxylic acids is 2. The highest BCUT2D eigenvalue weighted by Gasteiger charge is 2.27. The van der Waals surface area contributed by atoms with Gasteiger partial charge in [-0.05, 0) is 0 Å². The van der Waals surface area contributed by atoms with Crippen LogP contribution in [0.15, 0.2) is 0 Å². The fourth-order valence-corrected chi connectivity index (χ4v) is 1.25. The van der Waals surface area contributed by atoms with Gasteiger partial charge in [-0.1, -0.05) is 0 Å². The maximum atomic E-state index is 11.7. The minimum Gasteiger partial charge on any atom is -0.370 e. The fraction of sp³-hybridized carbons (Fsp3) is 0.778. The Hall–Kier alpha value is -0.960. The molecule has 5 nitrogen and oxygen atoms in total. The van der Waals surface area contributed by atoms with Gasteiger partial charge in [-0.3, -0.25) is 9.59 Å². The van der Waals surface area contributed by atoms with E-state index < -0.39 is 30.6 Å². The molecule has 0 fully saturated rings. The first-order valence-corrected chi connectivity index (χ1v) is 5.69. The number of thiol groups is 1. The third-order valence-electron chi connectivity index (χ3n) is 1.69. The molecule has 0 aliphatic heterocycles. The monoisotopic (exact) mass is 288 g/mol. The van der Waals surface area contributed by atoms with Gasteiger partial charge < -0.3 is 15.4 Å². The minimum absolute atomic E-state index is 0.0707. The van der Waals surface area contributed by atoms with Gasteiger partial charge in [0.25, 0.3) is 0 Å². The Morgan fingerprint density at radius 3 is 2.44 bits per heavy atom. The van der Waals surface area contributed by atoms with Crippen LogP contribution >= 0.6 is 12.6 Å². The summed E-state index contributed by atoms with van der Waals surface area (Å²) in [6.07, 6.45) is -4.38. The predicted octanol–water partition coefficient (Wildman–Crippen LogP) is 0.116. The highest BCUT2D eigenvalue weighted by Crippen LogP contribution is 2.13. The zero-order valence-electron chi connectivity index (χ0n) is 9.71. The third-order valence-corrected chi connectivity index (χ3v) is 2.05. The lowest BCUT2D eigenvalue weighted by Gasteiger charge is -2.15. The van der Waals surface area contributed by atoms with Crippen LogP contribution in [0, 0.1) is 0 Å². The van der Waals surface area contributed by atoms with E-state index in [2.05, 4.69) is 28.0 Å².